The van der Waals surface area contributed by atoms with Crippen molar-refractivity contribution in [1.82, 2.24) is 9.80 Å². The standard InChI is InChI=1S/C18H25N3O3/c1-18(7-3-2-4-8-18)17(23)21-11-13-14(12-21)24-19-15(13)16(22)20-9-5-6-10-20/h2-3,13-14H,4-12H2,1H3/t13-,14+,18?/m0/s1. The first-order valence-corrected chi connectivity index (χ1v) is 9.06. The number of rotatable bonds is 2. The number of oxime groups is 1. The van der Waals surface area contributed by atoms with E-state index in [1.807, 2.05) is 9.80 Å². The lowest BCUT2D eigenvalue weighted by Gasteiger charge is -2.33. The molecule has 0 radical (unpaired) electrons. The van der Waals surface area contributed by atoms with Gasteiger partial charge in [0.25, 0.3) is 5.91 Å². The lowest BCUT2D eigenvalue weighted by Crippen LogP contribution is -2.43. The van der Waals surface area contributed by atoms with Gasteiger partial charge >= 0.3 is 0 Å². The molecular formula is C18H25N3O3. The zero-order valence-corrected chi connectivity index (χ0v) is 14.2. The fraction of sp³-hybridized carbons (Fsp3) is 0.722. The van der Waals surface area contributed by atoms with Gasteiger partial charge in [-0.3, -0.25) is 9.59 Å². The first kappa shape index (κ1) is 15.7. The van der Waals surface area contributed by atoms with Gasteiger partial charge in [-0.1, -0.05) is 24.2 Å². The highest BCUT2D eigenvalue weighted by atomic mass is 16.6. The van der Waals surface area contributed by atoms with Crippen molar-refractivity contribution in [2.24, 2.45) is 16.5 Å². The van der Waals surface area contributed by atoms with E-state index in [2.05, 4.69) is 24.2 Å². The SMILES string of the molecule is CC1(C(=O)N2C[C@@H]3C(C(=O)N4CCCC4)=NO[C@@H]3C2)CC=CCC1. The van der Waals surface area contributed by atoms with Gasteiger partial charge in [-0.05, 0) is 32.1 Å². The van der Waals surface area contributed by atoms with Crippen LogP contribution >= 0.6 is 0 Å². The summed E-state index contributed by atoms with van der Waals surface area (Å²) in [4.78, 5) is 34.9. The molecule has 2 fully saturated rings. The zero-order valence-electron chi connectivity index (χ0n) is 14.2. The Morgan fingerprint density at radius 1 is 1.21 bits per heavy atom. The lowest BCUT2D eigenvalue weighted by molar-refractivity contribution is -0.141. The maximum atomic E-state index is 13.0. The average molecular weight is 331 g/mol. The van der Waals surface area contributed by atoms with Crippen LogP contribution in [0.2, 0.25) is 0 Å². The van der Waals surface area contributed by atoms with Gasteiger partial charge in [0.15, 0.2) is 11.8 Å². The fourth-order valence-corrected chi connectivity index (χ4v) is 4.32. The molecule has 2 amide bonds. The monoisotopic (exact) mass is 331 g/mol. The third kappa shape index (κ3) is 2.52. The van der Waals surface area contributed by atoms with Crippen LogP contribution in [0.25, 0.3) is 0 Å². The zero-order chi connectivity index (χ0) is 16.7. The molecule has 1 aliphatic carbocycles. The van der Waals surface area contributed by atoms with Crippen LogP contribution in [0.5, 0.6) is 0 Å². The second-order valence-electron chi connectivity index (χ2n) is 7.71. The van der Waals surface area contributed by atoms with Crippen LogP contribution in [0.15, 0.2) is 17.3 Å². The molecule has 0 spiro atoms. The molecule has 6 heteroatoms. The topological polar surface area (TPSA) is 62.2 Å². The van der Waals surface area contributed by atoms with Crippen LogP contribution in [0.1, 0.15) is 39.0 Å². The summed E-state index contributed by atoms with van der Waals surface area (Å²) in [7, 11) is 0. The summed E-state index contributed by atoms with van der Waals surface area (Å²) in [5, 5.41) is 4.06. The minimum Gasteiger partial charge on any atom is -0.389 e. The molecule has 2 saturated heterocycles. The molecule has 3 aliphatic heterocycles. The van der Waals surface area contributed by atoms with Gasteiger partial charge in [0.05, 0.1) is 17.9 Å². The third-order valence-electron chi connectivity index (χ3n) is 5.92. The smallest absolute Gasteiger partial charge is 0.272 e. The second kappa shape index (κ2) is 5.90. The maximum Gasteiger partial charge on any atom is 0.272 e. The Morgan fingerprint density at radius 2 is 2.00 bits per heavy atom. The van der Waals surface area contributed by atoms with Gasteiger partial charge in [0, 0.05) is 19.6 Å². The number of carbonyl (C=O) groups is 2. The number of carbonyl (C=O) groups excluding carboxylic acids is 2. The normalized spacial score (nSPS) is 35.0. The van der Waals surface area contributed by atoms with E-state index in [0.717, 1.165) is 45.2 Å². The number of nitrogens with zero attached hydrogens (tertiary/aromatic N) is 3. The number of hydrogen-bond acceptors (Lipinski definition) is 4. The minimum atomic E-state index is -0.316. The van der Waals surface area contributed by atoms with E-state index in [-0.39, 0.29) is 29.3 Å². The predicted molar refractivity (Wildman–Crippen MR) is 89.3 cm³/mol. The first-order valence-electron chi connectivity index (χ1n) is 9.06. The summed E-state index contributed by atoms with van der Waals surface area (Å²) in [6.45, 7) is 4.77. The molecule has 0 saturated carbocycles. The van der Waals surface area contributed by atoms with Crippen molar-refractivity contribution >= 4 is 17.5 Å². The largest absolute Gasteiger partial charge is 0.389 e. The van der Waals surface area contributed by atoms with Crippen molar-refractivity contribution in [3.05, 3.63) is 12.2 Å². The number of allylic oxidation sites excluding steroid dienone is 2. The molecule has 3 atom stereocenters. The first-order chi connectivity index (χ1) is 11.6. The molecule has 0 aromatic heterocycles. The fourth-order valence-electron chi connectivity index (χ4n) is 4.32. The Bertz CT molecular complexity index is 609. The lowest BCUT2D eigenvalue weighted by atomic mass is 9.78. The molecule has 6 nitrogen and oxygen atoms in total. The average Bonchev–Trinajstić information content (AvgIpc) is 3.30. The van der Waals surface area contributed by atoms with Crippen molar-refractivity contribution in [1.29, 1.82) is 0 Å². The van der Waals surface area contributed by atoms with E-state index in [0.29, 0.717) is 18.8 Å². The van der Waals surface area contributed by atoms with Crippen LogP contribution in [0.3, 0.4) is 0 Å². The Labute approximate surface area is 142 Å². The quantitative estimate of drug-likeness (QED) is 0.722. The Hall–Kier alpha value is -1.85. The highest BCUT2D eigenvalue weighted by Gasteiger charge is 2.49. The van der Waals surface area contributed by atoms with Crippen LogP contribution in [-0.2, 0) is 14.4 Å². The number of fused-ring (bicyclic) bond motifs is 1. The minimum absolute atomic E-state index is 0.00103. The predicted octanol–water partition coefficient (Wildman–Crippen LogP) is 1.57. The van der Waals surface area contributed by atoms with Crippen molar-refractivity contribution in [3.8, 4) is 0 Å². The van der Waals surface area contributed by atoms with Crippen molar-refractivity contribution in [2.75, 3.05) is 26.2 Å². The van der Waals surface area contributed by atoms with Gasteiger partial charge in [0.2, 0.25) is 5.91 Å². The molecule has 0 bridgehead atoms. The Morgan fingerprint density at radius 3 is 2.71 bits per heavy atom. The van der Waals surface area contributed by atoms with Crippen molar-refractivity contribution in [3.63, 3.8) is 0 Å². The van der Waals surface area contributed by atoms with E-state index < -0.39 is 0 Å². The third-order valence-corrected chi connectivity index (χ3v) is 5.92. The number of likely N-dealkylation sites (tertiary alicyclic amines) is 2. The highest BCUT2D eigenvalue weighted by Crippen LogP contribution is 2.37. The summed E-state index contributed by atoms with van der Waals surface area (Å²) < 4.78 is 0. The second-order valence-corrected chi connectivity index (χ2v) is 7.71. The van der Waals surface area contributed by atoms with Gasteiger partial charge in [-0.25, -0.2) is 0 Å². The van der Waals surface area contributed by atoms with Crippen LogP contribution in [0.4, 0.5) is 0 Å². The molecule has 4 rings (SSSR count). The molecule has 0 N–H and O–H groups in total. The molecule has 130 valence electrons. The number of hydrogen-bond donors (Lipinski definition) is 0. The van der Waals surface area contributed by atoms with Gasteiger partial charge in [-0.15, -0.1) is 0 Å². The summed E-state index contributed by atoms with van der Waals surface area (Å²) in [6.07, 6.45) is 8.87. The van der Waals surface area contributed by atoms with Crippen LogP contribution in [0, 0.1) is 11.3 Å². The van der Waals surface area contributed by atoms with Crippen LogP contribution in [-0.4, -0.2) is 59.6 Å². The van der Waals surface area contributed by atoms with Crippen LogP contribution < -0.4 is 0 Å². The van der Waals surface area contributed by atoms with E-state index in [1.165, 1.54) is 0 Å². The van der Waals surface area contributed by atoms with E-state index >= 15 is 0 Å². The van der Waals surface area contributed by atoms with Gasteiger partial charge < -0.3 is 14.6 Å². The van der Waals surface area contributed by atoms with Gasteiger partial charge in [0.1, 0.15) is 0 Å². The van der Waals surface area contributed by atoms with Crippen molar-refractivity contribution < 1.29 is 14.4 Å². The van der Waals surface area contributed by atoms with E-state index in [9.17, 15) is 9.59 Å². The molecular weight excluding hydrogens is 306 g/mol. The highest BCUT2D eigenvalue weighted by molar-refractivity contribution is 6.40. The Balaban J connectivity index is 1.44. The summed E-state index contributed by atoms with van der Waals surface area (Å²) in [5.41, 5.74) is 0.204. The molecule has 24 heavy (non-hydrogen) atoms. The molecule has 3 heterocycles. The summed E-state index contributed by atoms with van der Waals surface area (Å²) in [6, 6.07) is 0. The van der Waals surface area contributed by atoms with Crippen molar-refractivity contribution in [2.45, 2.75) is 45.1 Å². The molecule has 1 unspecified atom stereocenters. The van der Waals surface area contributed by atoms with E-state index in [4.69, 9.17) is 4.84 Å². The Kier molecular flexibility index (Phi) is 3.85. The maximum absolute atomic E-state index is 13.0. The molecule has 4 aliphatic rings. The van der Waals surface area contributed by atoms with E-state index in [1.54, 1.807) is 0 Å². The summed E-state index contributed by atoms with van der Waals surface area (Å²) >= 11 is 0. The number of amides is 2. The molecule has 0 aromatic carbocycles. The van der Waals surface area contributed by atoms with Gasteiger partial charge in [-0.2, -0.15) is 0 Å². The molecule has 0 aromatic rings. The summed E-state index contributed by atoms with van der Waals surface area (Å²) in [5.74, 6) is 0.128.